The highest BCUT2D eigenvalue weighted by atomic mass is 16.5. The first-order chi connectivity index (χ1) is 9.01. The van der Waals surface area contributed by atoms with Gasteiger partial charge in [-0.25, -0.2) is 0 Å². The molecule has 0 radical (unpaired) electrons. The Balaban J connectivity index is 2.41. The first-order valence-electron chi connectivity index (χ1n) is 7.31. The summed E-state index contributed by atoms with van der Waals surface area (Å²) in [6.07, 6.45) is 0. The maximum Gasteiger partial charge on any atom is 0.0589 e. The SMILES string of the molecule is CNCC(C(C)C)C1(c2ccc(C)cc2C)COC1. The van der Waals surface area contributed by atoms with E-state index in [4.69, 9.17) is 4.74 Å². The summed E-state index contributed by atoms with van der Waals surface area (Å²) < 4.78 is 5.63. The predicted molar refractivity (Wildman–Crippen MR) is 80.7 cm³/mol. The highest BCUT2D eigenvalue weighted by Gasteiger charge is 2.48. The van der Waals surface area contributed by atoms with Crippen LogP contribution in [0.15, 0.2) is 18.2 Å². The van der Waals surface area contributed by atoms with Gasteiger partial charge in [0.15, 0.2) is 0 Å². The Morgan fingerprint density at radius 1 is 1.26 bits per heavy atom. The number of rotatable bonds is 5. The molecule has 2 rings (SSSR count). The van der Waals surface area contributed by atoms with Gasteiger partial charge in [0.2, 0.25) is 0 Å². The smallest absolute Gasteiger partial charge is 0.0589 e. The minimum atomic E-state index is 0.203. The minimum Gasteiger partial charge on any atom is -0.379 e. The van der Waals surface area contributed by atoms with Crippen LogP contribution >= 0.6 is 0 Å². The number of hydrogen-bond donors (Lipinski definition) is 1. The topological polar surface area (TPSA) is 21.3 Å². The van der Waals surface area contributed by atoms with Gasteiger partial charge in [-0.05, 0) is 50.4 Å². The summed E-state index contributed by atoms with van der Waals surface area (Å²) in [6.45, 7) is 11.8. The quantitative estimate of drug-likeness (QED) is 0.879. The summed E-state index contributed by atoms with van der Waals surface area (Å²) in [4.78, 5) is 0. The van der Waals surface area contributed by atoms with E-state index < -0.39 is 0 Å². The van der Waals surface area contributed by atoms with Gasteiger partial charge < -0.3 is 10.1 Å². The molecular formula is C17H27NO. The van der Waals surface area contributed by atoms with E-state index in [-0.39, 0.29) is 5.41 Å². The van der Waals surface area contributed by atoms with Gasteiger partial charge in [-0.15, -0.1) is 0 Å². The molecule has 1 fully saturated rings. The third-order valence-electron chi connectivity index (χ3n) is 4.58. The Kier molecular flexibility index (Phi) is 4.32. The number of benzene rings is 1. The monoisotopic (exact) mass is 261 g/mol. The second kappa shape index (κ2) is 5.64. The molecule has 1 heterocycles. The molecule has 0 saturated carbocycles. The number of nitrogens with one attached hydrogen (secondary N) is 1. The molecule has 1 saturated heterocycles. The molecule has 106 valence electrons. The largest absolute Gasteiger partial charge is 0.379 e. The second-order valence-electron chi connectivity index (χ2n) is 6.38. The lowest BCUT2D eigenvalue weighted by Crippen LogP contribution is -2.56. The van der Waals surface area contributed by atoms with Crippen molar-refractivity contribution in [2.75, 3.05) is 26.8 Å². The van der Waals surface area contributed by atoms with Gasteiger partial charge in [-0.2, -0.15) is 0 Å². The van der Waals surface area contributed by atoms with Crippen molar-refractivity contribution in [1.29, 1.82) is 0 Å². The Bertz CT molecular complexity index is 435. The predicted octanol–water partition coefficient (Wildman–Crippen LogP) is 3.06. The first kappa shape index (κ1) is 14.5. The standard InChI is InChI=1S/C17H27NO/c1-12(2)16(9-18-5)17(10-19-11-17)15-7-6-13(3)8-14(15)4/h6-8,12,16,18H,9-11H2,1-5H3. The van der Waals surface area contributed by atoms with Gasteiger partial charge >= 0.3 is 0 Å². The minimum absolute atomic E-state index is 0.203. The van der Waals surface area contributed by atoms with Gasteiger partial charge in [-0.1, -0.05) is 37.6 Å². The molecule has 0 aromatic heterocycles. The molecule has 0 spiro atoms. The summed E-state index contributed by atoms with van der Waals surface area (Å²) in [5.41, 5.74) is 4.43. The molecule has 0 bridgehead atoms. The van der Waals surface area contributed by atoms with Crippen molar-refractivity contribution in [3.63, 3.8) is 0 Å². The van der Waals surface area contributed by atoms with Gasteiger partial charge in [0.25, 0.3) is 0 Å². The molecule has 1 aromatic rings. The van der Waals surface area contributed by atoms with Crippen LogP contribution < -0.4 is 5.32 Å². The molecule has 2 nitrogen and oxygen atoms in total. The van der Waals surface area contributed by atoms with E-state index in [0.717, 1.165) is 19.8 Å². The molecule has 19 heavy (non-hydrogen) atoms. The summed E-state index contributed by atoms with van der Waals surface area (Å²) in [6, 6.07) is 6.85. The molecule has 1 atom stereocenters. The van der Waals surface area contributed by atoms with Crippen LogP contribution in [0, 0.1) is 25.7 Å². The Hall–Kier alpha value is -0.860. The fourth-order valence-corrected chi connectivity index (χ4v) is 3.55. The van der Waals surface area contributed by atoms with Gasteiger partial charge in [0.05, 0.1) is 13.2 Å². The number of hydrogen-bond acceptors (Lipinski definition) is 2. The third-order valence-corrected chi connectivity index (χ3v) is 4.58. The highest BCUT2D eigenvalue weighted by molar-refractivity contribution is 5.39. The lowest BCUT2D eigenvalue weighted by Gasteiger charge is -2.50. The van der Waals surface area contributed by atoms with E-state index in [0.29, 0.717) is 11.8 Å². The van der Waals surface area contributed by atoms with Crippen LogP contribution in [0.1, 0.15) is 30.5 Å². The Morgan fingerprint density at radius 2 is 1.95 bits per heavy atom. The number of ether oxygens (including phenoxy) is 1. The molecule has 0 amide bonds. The molecule has 0 aliphatic carbocycles. The lowest BCUT2D eigenvalue weighted by molar-refractivity contribution is -0.0998. The zero-order valence-corrected chi connectivity index (χ0v) is 12.9. The average molecular weight is 261 g/mol. The summed E-state index contributed by atoms with van der Waals surface area (Å²) in [7, 11) is 2.05. The summed E-state index contributed by atoms with van der Waals surface area (Å²) in [5.74, 6) is 1.27. The Morgan fingerprint density at radius 3 is 2.37 bits per heavy atom. The summed E-state index contributed by atoms with van der Waals surface area (Å²) in [5, 5.41) is 3.37. The summed E-state index contributed by atoms with van der Waals surface area (Å²) >= 11 is 0. The zero-order valence-electron chi connectivity index (χ0n) is 12.9. The van der Waals surface area contributed by atoms with E-state index in [9.17, 15) is 0 Å². The van der Waals surface area contributed by atoms with Gasteiger partial charge in [0, 0.05) is 5.41 Å². The van der Waals surface area contributed by atoms with Crippen LogP contribution in [-0.2, 0) is 10.2 Å². The second-order valence-corrected chi connectivity index (χ2v) is 6.38. The maximum atomic E-state index is 5.63. The lowest BCUT2D eigenvalue weighted by atomic mass is 9.63. The normalized spacial score (nSPS) is 19.3. The highest BCUT2D eigenvalue weighted by Crippen LogP contribution is 2.44. The van der Waals surface area contributed by atoms with Crippen molar-refractivity contribution in [1.82, 2.24) is 5.32 Å². The maximum absolute atomic E-state index is 5.63. The van der Waals surface area contributed by atoms with Crippen LogP contribution in [-0.4, -0.2) is 26.8 Å². The van der Waals surface area contributed by atoms with E-state index >= 15 is 0 Å². The fourth-order valence-electron chi connectivity index (χ4n) is 3.55. The van der Waals surface area contributed by atoms with Crippen LogP contribution in [0.5, 0.6) is 0 Å². The zero-order chi connectivity index (χ0) is 14.0. The van der Waals surface area contributed by atoms with Crippen molar-refractivity contribution >= 4 is 0 Å². The van der Waals surface area contributed by atoms with E-state index in [1.165, 1.54) is 16.7 Å². The molecule has 2 heteroatoms. The molecule has 1 aliphatic rings. The average Bonchev–Trinajstić information content (AvgIpc) is 2.28. The van der Waals surface area contributed by atoms with Gasteiger partial charge in [0.1, 0.15) is 0 Å². The van der Waals surface area contributed by atoms with Crippen molar-refractivity contribution in [3.05, 3.63) is 34.9 Å². The van der Waals surface area contributed by atoms with Crippen molar-refractivity contribution in [2.24, 2.45) is 11.8 Å². The van der Waals surface area contributed by atoms with Crippen LogP contribution in [0.25, 0.3) is 0 Å². The van der Waals surface area contributed by atoms with E-state index in [1.54, 1.807) is 0 Å². The third kappa shape index (κ3) is 2.56. The molecule has 1 unspecified atom stereocenters. The van der Waals surface area contributed by atoms with Crippen LogP contribution in [0.2, 0.25) is 0 Å². The van der Waals surface area contributed by atoms with Crippen molar-refractivity contribution < 1.29 is 4.74 Å². The van der Waals surface area contributed by atoms with Gasteiger partial charge in [-0.3, -0.25) is 0 Å². The van der Waals surface area contributed by atoms with Crippen molar-refractivity contribution in [3.8, 4) is 0 Å². The first-order valence-corrected chi connectivity index (χ1v) is 7.31. The number of aryl methyl sites for hydroxylation is 2. The van der Waals surface area contributed by atoms with Crippen LogP contribution in [0.3, 0.4) is 0 Å². The van der Waals surface area contributed by atoms with Crippen molar-refractivity contribution in [2.45, 2.75) is 33.1 Å². The van der Waals surface area contributed by atoms with E-state index in [1.807, 2.05) is 7.05 Å². The Labute approximate surface area is 117 Å². The van der Waals surface area contributed by atoms with Crippen LogP contribution in [0.4, 0.5) is 0 Å². The molecule has 1 N–H and O–H groups in total. The van der Waals surface area contributed by atoms with E-state index in [2.05, 4.69) is 51.2 Å². The fraction of sp³-hybridized carbons (Fsp3) is 0.647. The molecular weight excluding hydrogens is 234 g/mol. The molecule has 1 aromatic carbocycles. The molecule has 1 aliphatic heterocycles.